The minimum atomic E-state index is 0.572. The van der Waals surface area contributed by atoms with Crippen LogP contribution in [0.2, 0.25) is 10.0 Å². The van der Waals surface area contributed by atoms with Crippen molar-refractivity contribution >= 4 is 56.5 Å². The molecule has 0 saturated heterocycles. The summed E-state index contributed by atoms with van der Waals surface area (Å²) in [4.78, 5) is 2.38. The van der Waals surface area contributed by atoms with E-state index in [0.29, 0.717) is 10.0 Å². The van der Waals surface area contributed by atoms with Crippen LogP contribution in [0.15, 0.2) is 107 Å². The van der Waals surface area contributed by atoms with Crippen molar-refractivity contribution in [2.75, 3.05) is 0 Å². The molecule has 0 aliphatic carbocycles. The molecule has 5 aromatic carbocycles. The highest BCUT2D eigenvalue weighted by molar-refractivity contribution is 7.99. The first-order chi connectivity index (χ1) is 14.2. The highest BCUT2D eigenvalue weighted by Gasteiger charge is 2.20. The van der Waals surface area contributed by atoms with Crippen molar-refractivity contribution in [3.8, 4) is 11.1 Å². The second-order valence-corrected chi connectivity index (χ2v) is 8.68. The summed E-state index contributed by atoms with van der Waals surface area (Å²) < 4.78 is 0. The van der Waals surface area contributed by atoms with Crippen LogP contribution in [-0.4, -0.2) is 0 Å². The van der Waals surface area contributed by atoms with Gasteiger partial charge in [0.1, 0.15) is 0 Å². The van der Waals surface area contributed by atoms with Gasteiger partial charge in [0.15, 0.2) is 0 Å². The lowest BCUT2D eigenvalue weighted by Gasteiger charge is -2.19. The SMILES string of the molecule is Clc1ccc2c(c1Cl)c(-c1ccccc1)c(Sc1ccccc1)c1ccccc12. The van der Waals surface area contributed by atoms with E-state index in [9.17, 15) is 0 Å². The van der Waals surface area contributed by atoms with Crippen LogP contribution in [0, 0.1) is 0 Å². The zero-order valence-electron chi connectivity index (χ0n) is 15.4. The molecule has 0 unspecified atom stereocenters. The van der Waals surface area contributed by atoms with Crippen LogP contribution in [0.5, 0.6) is 0 Å². The second-order valence-electron chi connectivity index (χ2n) is 6.81. The molecule has 0 saturated carbocycles. The van der Waals surface area contributed by atoms with Gasteiger partial charge in [-0.3, -0.25) is 0 Å². The van der Waals surface area contributed by atoms with E-state index in [1.807, 2.05) is 18.2 Å². The summed E-state index contributed by atoms with van der Waals surface area (Å²) in [5.41, 5.74) is 2.26. The third kappa shape index (κ3) is 3.30. The number of hydrogen-bond acceptors (Lipinski definition) is 1. The summed E-state index contributed by atoms with van der Waals surface area (Å²) in [6.07, 6.45) is 0. The Balaban J connectivity index is 1.98. The lowest BCUT2D eigenvalue weighted by Crippen LogP contribution is -1.91. The molecular formula is C26H16Cl2S. The van der Waals surface area contributed by atoms with Gasteiger partial charge < -0.3 is 0 Å². The van der Waals surface area contributed by atoms with Crippen molar-refractivity contribution in [2.24, 2.45) is 0 Å². The van der Waals surface area contributed by atoms with Crippen molar-refractivity contribution < 1.29 is 0 Å². The molecular weight excluding hydrogens is 415 g/mol. The fraction of sp³-hybridized carbons (Fsp3) is 0. The summed E-state index contributed by atoms with van der Waals surface area (Å²) in [7, 11) is 0. The Hall–Kier alpha value is -2.45. The first kappa shape index (κ1) is 18.6. The summed E-state index contributed by atoms with van der Waals surface area (Å²) in [6.45, 7) is 0. The molecule has 0 amide bonds. The van der Waals surface area contributed by atoms with E-state index in [0.717, 1.165) is 21.9 Å². The van der Waals surface area contributed by atoms with Crippen molar-refractivity contribution in [2.45, 2.75) is 9.79 Å². The maximum atomic E-state index is 6.82. The van der Waals surface area contributed by atoms with Crippen LogP contribution in [0.4, 0.5) is 0 Å². The fourth-order valence-electron chi connectivity index (χ4n) is 3.78. The van der Waals surface area contributed by atoms with Crippen molar-refractivity contribution in [3.05, 3.63) is 107 Å². The van der Waals surface area contributed by atoms with Crippen LogP contribution >= 0.6 is 35.0 Å². The zero-order valence-corrected chi connectivity index (χ0v) is 17.7. The number of rotatable bonds is 3. The molecule has 140 valence electrons. The zero-order chi connectivity index (χ0) is 19.8. The van der Waals surface area contributed by atoms with Gasteiger partial charge >= 0.3 is 0 Å². The molecule has 0 radical (unpaired) electrons. The van der Waals surface area contributed by atoms with Gasteiger partial charge in [-0.05, 0) is 39.9 Å². The van der Waals surface area contributed by atoms with E-state index in [1.54, 1.807) is 11.8 Å². The lowest BCUT2D eigenvalue weighted by atomic mass is 9.93. The van der Waals surface area contributed by atoms with Gasteiger partial charge in [-0.25, -0.2) is 0 Å². The molecule has 0 N–H and O–H groups in total. The van der Waals surface area contributed by atoms with E-state index >= 15 is 0 Å². The quantitative estimate of drug-likeness (QED) is 0.257. The molecule has 0 aliphatic heterocycles. The van der Waals surface area contributed by atoms with E-state index in [1.165, 1.54) is 20.6 Å². The Bertz CT molecular complexity index is 1330. The maximum Gasteiger partial charge on any atom is 0.0677 e. The minimum absolute atomic E-state index is 0.572. The summed E-state index contributed by atoms with van der Waals surface area (Å²) in [5.74, 6) is 0. The molecule has 0 fully saturated rings. The van der Waals surface area contributed by atoms with Gasteiger partial charge in [0.05, 0.1) is 10.0 Å². The fourth-order valence-corrected chi connectivity index (χ4v) is 5.33. The lowest BCUT2D eigenvalue weighted by molar-refractivity contribution is 1.44. The highest BCUT2D eigenvalue weighted by atomic mass is 35.5. The summed E-state index contributed by atoms with van der Waals surface area (Å²) in [5, 5.41) is 5.69. The average Bonchev–Trinajstić information content (AvgIpc) is 2.78. The van der Waals surface area contributed by atoms with Gasteiger partial charge in [-0.15, -0.1) is 0 Å². The average molecular weight is 431 g/mol. The standard InChI is InChI=1S/C26H16Cl2S/c27-22-16-15-20-19-13-7-8-14-21(19)26(29-18-11-5-2-6-12-18)23(24(20)25(22)28)17-9-3-1-4-10-17/h1-16H. The highest BCUT2D eigenvalue weighted by Crippen LogP contribution is 2.49. The van der Waals surface area contributed by atoms with Gasteiger partial charge in [0, 0.05) is 20.7 Å². The molecule has 0 atom stereocenters. The van der Waals surface area contributed by atoms with Gasteiger partial charge in [-0.1, -0.05) is 114 Å². The normalized spacial score (nSPS) is 11.2. The number of benzene rings is 5. The maximum absolute atomic E-state index is 6.82. The van der Waals surface area contributed by atoms with Crippen LogP contribution in [0.3, 0.4) is 0 Å². The number of halogens is 2. The van der Waals surface area contributed by atoms with Gasteiger partial charge in [0.25, 0.3) is 0 Å². The predicted molar refractivity (Wildman–Crippen MR) is 127 cm³/mol. The van der Waals surface area contributed by atoms with Crippen molar-refractivity contribution in [3.63, 3.8) is 0 Å². The molecule has 0 aliphatic rings. The van der Waals surface area contributed by atoms with Gasteiger partial charge in [0.2, 0.25) is 0 Å². The Labute approximate surface area is 184 Å². The Morgan fingerprint density at radius 1 is 0.552 bits per heavy atom. The molecule has 0 bridgehead atoms. The van der Waals surface area contributed by atoms with Gasteiger partial charge in [-0.2, -0.15) is 0 Å². The third-order valence-electron chi connectivity index (χ3n) is 5.06. The molecule has 0 nitrogen and oxygen atoms in total. The number of fused-ring (bicyclic) bond motifs is 3. The molecule has 29 heavy (non-hydrogen) atoms. The molecule has 0 heterocycles. The summed E-state index contributed by atoms with van der Waals surface area (Å²) >= 11 is 15.1. The van der Waals surface area contributed by atoms with Crippen LogP contribution in [0.1, 0.15) is 0 Å². The van der Waals surface area contributed by atoms with Crippen LogP contribution < -0.4 is 0 Å². The van der Waals surface area contributed by atoms with Crippen molar-refractivity contribution in [1.82, 2.24) is 0 Å². The van der Waals surface area contributed by atoms with Crippen LogP contribution in [0.25, 0.3) is 32.7 Å². The second kappa shape index (κ2) is 7.76. The Morgan fingerprint density at radius 3 is 1.90 bits per heavy atom. The molecule has 3 heteroatoms. The van der Waals surface area contributed by atoms with E-state index in [4.69, 9.17) is 23.2 Å². The number of hydrogen-bond donors (Lipinski definition) is 0. The molecule has 0 spiro atoms. The van der Waals surface area contributed by atoms with E-state index in [2.05, 4.69) is 78.9 Å². The van der Waals surface area contributed by atoms with Crippen LogP contribution in [-0.2, 0) is 0 Å². The molecule has 5 rings (SSSR count). The third-order valence-corrected chi connectivity index (χ3v) is 7.00. The topological polar surface area (TPSA) is 0 Å². The first-order valence-electron chi connectivity index (χ1n) is 9.35. The monoisotopic (exact) mass is 430 g/mol. The largest absolute Gasteiger partial charge is 0.0888 e. The van der Waals surface area contributed by atoms with Crippen molar-refractivity contribution in [1.29, 1.82) is 0 Å². The predicted octanol–water partition coefficient (Wildman–Crippen LogP) is 9.12. The summed E-state index contributed by atoms with van der Waals surface area (Å²) in [6, 6.07) is 33.4. The molecule has 0 aromatic heterocycles. The Kier molecular flexibility index (Phi) is 4.97. The smallest absolute Gasteiger partial charge is 0.0677 e. The Morgan fingerprint density at radius 2 is 1.17 bits per heavy atom. The van der Waals surface area contributed by atoms with E-state index < -0.39 is 0 Å². The first-order valence-corrected chi connectivity index (χ1v) is 10.9. The molecule has 5 aromatic rings. The van der Waals surface area contributed by atoms with E-state index in [-0.39, 0.29) is 0 Å². The minimum Gasteiger partial charge on any atom is -0.0888 e.